The third-order valence-electron chi connectivity index (χ3n) is 1.58. The molecule has 0 saturated heterocycles. The van der Waals surface area contributed by atoms with Crippen LogP contribution in [0.5, 0.6) is 0 Å². The monoisotopic (exact) mass is 174 g/mol. The van der Waals surface area contributed by atoms with Crippen molar-refractivity contribution in [3.05, 3.63) is 35.1 Å². The fourth-order valence-electron chi connectivity index (χ4n) is 1.10. The fraction of sp³-hybridized carbons (Fsp3) is 0.200. The van der Waals surface area contributed by atoms with Crippen molar-refractivity contribution in [3.8, 4) is 12.1 Å². The Balaban J connectivity index is 2.99. The van der Waals surface area contributed by atoms with Crippen LogP contribution in [0, 0.1) is 28.5 Å². The molecule has 0 heterocycles. The second kappa shape index (κ2) is 4.23. The lowest BCUT2D eigenvalue weighted by Gasteiger charge is -1.99. The van der Waals surface area contributed by atoms with Crippen LogP contribution in [0.15, 0.2) is 18.2 Å². The Morgan fingerprint density at radius 1 is 1.00 bits per heavy atom. The zero-order chi connectivity index (χ0) is 9.68. The first-order chi connectivity index (χ1) is 6.26. The molecular formula is C10H7FN2. The van der Waals surface area contributed by atoms with E-state index in [1.807, 2.05) is 12.1 Å². The summed E-state index contributed by atoms with van der Waals surface area (Å²) in [6.07, 6.45) is 0.354. The molecule has 13 heavy (non-hydrogen) atoms. The Morgan fingerprint density at radius 2 is 1.46 bits per heavy atom. The van der Waals surface area contributed by atoms with Gasteiger partial charge in [0, 0.05) is 0 Å². The van der Waals surface area contributed by atoms with Gasteiger partial charge in [-0.1, -0.05) is 6.07 Å². The van der Waals surface area contributed by atoms with E-state index in [-0.39, 0.29) is 12.8 Å². The van der Waals surface area contributed by atoms with Gasteiger partial charge in [0.2, 0.25) is 0 Å². The lowest BCUT2D eigenvalue weighted by Crippen LogP contribution is -1.89. The van der Waals surface area contributed by atoms with Gasteiger partial charge in [-0.2, -0.15) is 10.5 Å². The molecule has 3 heteroatoms. The molecule has 0 aromatic heterocycles. The van der Waals surface area contributed by atoms with Gasteiger partial charge in [-0.25, -0.2) is 4.39 Å². The van der Waals surface area contributed by atoms with Crippen molar-refractivity contribution in [2.45, 2.75) is 12.8 Å². The number of benzene rings is 1. The lowest BCUT2D eigenvalue weighted by molar-refractivity contribution is 0.624. The van der Waals surface area contributed by atoms with E-state index in [1.54, 1.807) is 6.07 Å². The zero-order valence-electron chi connectivity index (χ0n) is 6.92. The molecule has 0 spiro atoms. The van der Waals surface area contributed by atoms with Crippen LogP contribution < -0.4 is 0 Å². The average Bonchev–Trinajstić information content (AvgIpc) is 2.04. The van der Waals surface area contributed by atoms with Crippen LogP contribution in [0.25, 0.3) is 0 Å². The van der Waals surface area contributed by atoms with Gasteiger partial charge in [0.25, 0.3) is 0 Å². The zero-order valence-corrected chi connectivity index (χ0v) is 6.92. The first-order valence-corrected chi connectivity index (χ1v) is 3.78. The van der Waals surface area contributed by atoms with Gasteiger partial charge in [0.1, 0.15) is 5.82 Å². The predicted octanol–water partition coefficient (Wildman–Crippen LogP) is 1.96. The number of nitriles is 2. The highest BCUT2D eigenvalue weighted by molar-refractivity contribution is 5.28. The summed E-state index contributed by atoms with van der Waals surface area (Å²) in [7, 11) is 0. The normalized spacial score (nSPS) is 8.85. The molecular weight excluding hydrogens is 167 g/mol. The number of halogens is 1. The summed E-state index contributed by atoms with van der Waals surface area (Å²) in [4.78, 5) is 0. The van der Waals surface area contributed by atoms with Crippen molar-refractivity contribution < 1.29 is 4.39 Å². The molecule has 0 atom stereocenters. The maximum Gasteiger partial charge on any atom is 0.123 e. The van der Waals surface area contributed by atoms with Crippen molar-refractivity contribution in [1.82, 2.24) is 0 Å². The van der Waals surface area contributed by atoms with Gasteiger partial charge in [0.05, 0.1) is 25.0 Å². The van der Waals surface area contributed by atoms with Crippen LogP contribution in [0.2, 0.25) is 0 Å². The van der Waals surface area contributed by atoms with Crippen molar-refractivity contribution in [2.75, 3.05) is 0 Å². The summed E-state index contributed by atoms with van der Waals surface area (Å²) in [5.41, 5.74) is 1.24. The summed E-state index contributed by atoms with van der Waals surface area (Å²) in [6.45, 7) is 0. The minimum atomic E-state index is -0.391. The second-order valence-corrected chi connectivity index (χ2v) is 2.64. The number of hydrogen-bond acceptors (Lipinski definition) is 2. The molecule has 0 radical (unpaired) electrons. The summed E-state index contributed by atoms with van der Waals surface area (Å²) in [5, 5.41) is 16.8. The molecule has 0 bridgehead atoms. The van der Waals surface area contributed by atoms with E-state index < -0.39 is 5.82 Å². The predicted molar refractivity (Wildman–Crippen MR) is 45.0 cm³/mol. The standard InChI is InChI=1S/C10H7FN2/c11-10-6-8(1-3-12)5-9(7-10)2-4-13/h5-7H,1-2H2. The van der Waals surface area contributed by atoms with Crippen LogP contribution in [0.1, 0.15) is 11.1 Å². The molecule has 0 aliphatic heterocycles. The van der Waals surface area contributed by atoms with Crippen LogP contribution in [-0.4, -0.2) is 0 Å². The topological polar surface area (TPSA) is 47.6 Å². The Bertz CT molecular complexity index is 351. The van der Waals surface area contributed by atoms with E-state index >= 15 is 0 Å². The SMILES string of the molecule is N#CCc1cc(F)cc(CC#N)c1. The van der Waals surface area contributed by atoms with Gasteiger partial charge >= 0.3 is 0 Å². The van der Waals surface area contributed by atoms with Gasteiger partial charge in [-0.15, -0.1) is 0 Å². The maximum absolute atomic E-state index is 12.9. The van der Waals surface area contributed by atoms with E-state index in [0.29, 0.717) is 11.1 Å². The molecule has 0 unspecified atom stereocenters. The minimum absolute atomic E-state index is 0.177. The van der Waals surface area contributed by atoms with Crippen LogP contribution in [0.4, 0.5) is 4.39 Å². The third-order valence-corrected chi connectivity index (χ3v) is 1.58. The summed E-state index contributed by atoms with van der Waals surface area (Å²) < 4.78 is 12.9. The second-order valence-electron chi connectivity index (χ2n) is 2.64. The van der Waals surface area contributed by atoms with Gasteiger partial charge in [0.15, 0.2) is 0 Å². The fourth-order valence-corrected chi connectivity index (χ4v) is 1.10. The van der Waals surface area contributed by atoms with Crippen molar-refractivity contribution in [3.63, 3.8) is 0 Å². The summed E-state index contributed by atoms with van der Waals surface area (Å²) >= 11 is 0. The van der Waals surface area contributed by atoms with Crippen molar-refractivity contribution >= 4 is 0 Å². The Hall–Kier alpha value is -1.87. The summed E-state index contributed by atoms with van der Waals surface area (Å²) in [5.74, 6) is -0.391. The highest BCUT2D eigenvalue weighted by Gasteiger charge is 1.99. The largest absolute Gasteiger partial charge is 0.207 e. The first kappa shape index (κ1) is 9.22. The van der Waals surface area contributed by atoms with E-state index in [0.717, 1.165) is 0 Å². The van der Waals surface area contributed by atoms with Gasteiger partial charge < -0.3 is 0 Å². The van der Waals surface area contributed by atoms with Gasteiger partial charge in [-0.05, 0) is 23.3 Å². The molecule has 0 saturated carbocycles. The maximum atomic E-state index is 12.9. The van der Waals surface area contributed by atoms with Crippen LogP contribution in [-0.2, 0) is 12.8 Å². The van der Waals surface area contributed by atoms with Gasteiger partial charge in [-0.3, -0.25) is 0 Å². The first-order valence-electron chi connectivity index (χ1n) is 3.78. The van der Waals surface area contributed by atoms with E-state index in [2.05, 4.69) is 0 Å². The quantitative estimate of drug-likeness (QED) is 0.688. The molecule has 64 valence electrons. The number of hydrogen-bond donors (Lipinski definition) is 0. The highest BCUT2D eigenvalue weighted by Crippen LogP contribution is 2.10. The van der Waals surface area contributed by atoms with E-state index in [9.17, 15) is 4.39 Å². The lowest BCUT2D eigenvalue weighted by atomic mass is 10.1. The number of nitrogens with zero attached hydrogens (tertiary/aromatic N) is 2. The third kappa shape index (κ3) is 2.57. The number of rotatable bonds is 2. The Labute approximate surface area is 75.8 Å². The van der Waals surface area contributed by atoms with Crippen LogP contribution in [0.3, 0.4) is 0 Å². The molecule has 0 aliphatic carbocycles. The minimum Gasteiger partial charge on any atom is -0.207 e. The molecule has 0 amide bonds. The molecule has 1 aromatic carbocycles. The highest BCUT2D eigenvalue weighted by atomic mass is 19.1. The summed E-state index contributed by atoms with van der Waals surface area (Å²) in [6, 6.07) is 8.16. The molecule has 0 fully saturated rings. The Morgan fingerprint density at radius 3 is 1.85 bits per heavy atom. The molecule has 2 nitrogen and oxygen atoms in total. The smallest absolute Gasteiger partial charge is 0.123 e. The molecule has 1 rings (SSSR count). The van der Waals surface area contributed by atoms with Crippen molar-refractivity contribution in [1.29, 1.82) is 10.5 Å². The van der Waals surface area contributed by atoms with Crippen LogP contribution >= 0.6 is 0 Å². The van der Waals surface area contributed by atoms with Crippen molar-refractivity contribution in [2.24, 2.45) is 0 Å². The molecule has 0 aliphatic rings. The molecule has 0 N–H and O–H groups in total. The van der Waals surface area contributed by atoms with E-state index in [1.165, 1.54) is 12.1 Å². The average molecular weight is 174 g/mol. The molecule has 1 aromatic rings. The van der Waals surface area contributed by atoms with E-state index in [4.69, 9.17) is 10.5 Å². The Kier molecular flexibility index (Phi) is 3.00.